The first-order valence-corrected chi connectivity index (χ1v) is 3.00. The number of hydrogen-bond acceptors (Lipinski definition) is 3. The van der Waals surface area contributed by atoms with Gasteiger partial charge in [0.1, 0.15) is 6.67 Å². The van der Waals surface area contributed by atoms with Gasteiger partial charge in [-0.25, -0.2) is 14.4 Å². The van der Waals surface area contributed by atoms with E-state index in [4.69, 9.17) is 0 Å². The summed E-state index contributed by atoms with van der Waals surface area (Å²) >= 11 is 0. The molecular weight excluding hydrogens is 133 g/mol. The van der Waals surface area contributed by atoms with Crippen LogP contribution in [0.4, 0.5) is 10.3 Å². The predicted molar refractivity (Wildman–Crippen MR) is 36.5 cm³/mol. The van der Waals surface area contributed by atoms with Crippen molar-refractivity contribution in [1.82, 2.24) is 9.97 Å². The second-order valence-corrected chi connectivity index (χ2v) is 1.69. The minimum Gasteiger partial charge on any atom is -0.352 e. The normalized spacial score (nSPS) is 9.30. The van der Waals surface area contributed by atoms with Crippen LogP contribution >= 0.6 is 0 Å². The molecule has 0 aliphatic rings. The van der Waals surface area contributed by atoms with E-state index >= 15 is 0 Å². The van der Waals surface area contributed by atoms with Crippen LogP contribution < -0.4 is 5.32 Å². The first kappa shape index (κ1) is 6.92. The lowest BCUT2D eigenvalue weighted by atomic mass is 10.6. The molecule has 1 rings (SSSR count). The van der Waals surface area contributed by atoms with Gasteiger partial charge in [-0.05, 0) is 6.07 Å². The molecule has 1 aromatic rings. The highest BCUT2D eigenvalue weighted by Crippen LogP contribution is 1.91. The van der Waals surface area contributed by atoms with E-state index in [0.717, 1.165) is 0 Å². The Kier molecular flexibility index (Phi) is 2.61. The minimum atomic E-state index is -0.405. The van der Waals surface area contributed by atoms with Crippen molar-refractivity contribution in [2.24, 2.45) is 0 Å². The molecule has 4 heteroatoms. The fraction of sp³-hybridized carbons (Fsp3) is 0.333. The molecule has 10 heavy (non-hydrogen) atoms. The molecule has 0 radical (unpaired) electrons. The lowest BCUT2D eigenvalue weighted by Crippen LogP contribution is -2.05. The number of alkyl halides is 1. The molecule has 0 unspecified atom stereocenters. The van der Waals surface area contributed by atoms with Crippen molar-refractivity contribution >= 4 is 5.95 Å². The highest BCUT2D eigenvalue weighted by Gasteiger charge is 1.88. The first-order valence-electron chi connectivity index (χ1n) is 3.00. The molecule has 0 saturated carbocycles. The van der Waals surface area contributed by atoms with Gasteiger partial charge >= 0.3 is 0 Å². The van der Waals surface area contributed by atoms with Crippen LogP contribution in [0.5, 0.6) is 0 Å². The summed E-state index contributed by atoms with van der Waals surface area (Å²) in [4.78, 5) is 7.65. The summed E-state index contributed by atoms with van der Waals surface area (Å²) in [6.07, 6.45) is 3.21. The Morgan fingerprint density at radius 1 is 1.40 bits per heavy atom. The monoisotopic (exact) mass is 141 g/mol. The Labute approximate surface area is 58.3 Å². The zero-order chi connectivity index (χ0) is 7.23. The fourth-order valence-corrected chi connectivity index (χ4v) is 0.549. The topological polar surface area (TPSA) is 37.8 Å². The van der Waals surface area contributed by atoms with Crippen LogP contribution in [0, 0.1) is 0 Å². The zero-order valence-corrected chi connectivity index (χ0v) is 5.42. The SMILES string of the molecule is FCCNc1ncccn1. The average Bonchev–Trinajstić information content (AvgIpc) is 2.03. The molecule has 54 valence electrons. The summed E-state index contributed by atoms with van der Waals surface area (Å²) in [6.45, 7) is -0.137. The molecule has 0 aliphatic carbocycles. The molecule has 0 fully saturated rings. The van der Waals surface area contributed by atoms with Crippen molar-refractivity contribution < 1.29 is 4.39 Å². The van der Waals surface area contributed by atoms with Gasteiger partial charge in [0.05, 0.1) is 0 Å². The van der Waals surface area contributed by atoms with Gasteiger partial charge in [0.2, 0.25) is 5.95 Å². The van der Waals surface area contributed by atoms with Crippen LogP contribution in [0.3, 0.4) is 0 Å². The molecule has 0 spiro atoms. The quantitative estimate of drug-likeness (QED) is 0.678. The van der Waals surface area contributed by atoms with Gasteiger partial charge in [0.15, 0.2) is 0 Å². The molecular formula is C6H8FN3. The molecule has 1 heterocycles. The van der Waals surface area contributed by atoms with E-state index in [2.05, 4.69) is 15.3 Å². The third-order valence-electron chi connectivity index (χ3n) is 0.943. The second-order valence-electron chi connectivity index (χ2n) is 1.69. The second kappa shape index (κ2) is 3.76. The Morgan fingerprint density at radius 3 is 2.70 bits per heavy atom. The summed E-state index contributed by atoms with van der Waals surface area (Å²) in [5.74, 6) is 0.472. The van der Waals surface area contributed by atoms with Crippen molar-refractivity contribution in [2.75, 3.05) is 18.5 Å². The number of nitrogens with zero attached hydrogens (tertiary/aromatic N) is 2. The Balaban J connectivity index is 2.43. The van der Waals surface area contributed by atoms with Crippen LogP contribution in [0.1, 0.15) is 0 Å². The van der Waals surface area contributed by atoms with E-state index < -0.39 is 6.67 Å². The van der Waals surface area contributed by atoms with E-state index in [9.17, 15) is 4.39 Å². The van der Waals surface area contributed by atoms with Crippen molar-refractivity contribution in [3.63, 3.8) is 0 Å². The van der Waals surface area contributed by atoms with Crippen molar-refractivity contribution in [1.29, 1.82) is 0 Å². The van der Waals surface area contributed by atoms with Crippen molar-refractivity contribution in [3.8, 4) is 0 Å². The smallest absolute Gasteiger partial charge is 0.222 e. The van der Waals surface area contributed by atoms with Crippen LogP contribution in [0.25, 0.3) is 0 Å². The average molecular weight is 141 g/mol. The summed E-state index contributed by atoms with van der Waals surface area (Å²) in [6, 6.07) is 1.71. The summed E-state index contributed by atoms with van der Waals surface area (Å²) in [7, 11) is 0. The molecule has 0 aliphatic heterocycles. The molecule has 0 bridgehead atoms. The van der Waals surface area contributed by atoms with Gasteiger partial charge in [0, 0.05) is 18.9 Å². The predicted octanol–water partition coefficient (Wildman–Crippen LogP) is 0.858. The first-order chi connectivity index (χ1) is 4.93. The van der Waals surface area contributed by atoms with Crippen LogP contribution in [-0.4, -0.2) is 23.2 Å². The van der Waals surface area contributed by atoms with Crippen LogP contribution in [0.15, 0.2) is 18.5 Å². The highest BCUT2D eigenvalue weighted by atomic mass is 19.1. The summed E-state index contributed by atoms with van der Waals surface area (Å²) in [5, 5.41) is 2.70. The molecule has 0 atom stereocenters. The van der Waals surface area contributed by atoms with E-state index in [1.807, 2.05) is 0 Å². The van der Waals surface area contributed by atoms with Crippen molar-refractivity contribution in [2.45, 2.75) is 0 Å². The maximum absolute atomic E-state index is 11.6. The maximum atomic E-state index is 11.6. The number of anilines is 1. The Hall–Kier alpha value is -1.19. The van der Waals surface area contributed by atoms with Crippen molar-refractivity contribution in [3.05, 3.63) is 18.5 Å². The zero-order valence-electron chi connectivity index (χ0n) is 5.42. The highest BCUT2D eigenvalue weighted by molar-refractivity contribution is 5.21. The standard InChI is InChI=1S/C6H8FN3/c7-2-5-10-6-8-3-1-4-9-6/h1,3-4H,2,5H2,(H,8,9,10). The van der Waals surface area contributed by atoms with E-state index in [1.54, 1.807) is 18.5 Å². The summed E-state index contributed by atoms with van der Waals surface area (Å²) in [5.41, 5.74) is 0. The third kappa shape index (κ3) is 1.97. The lowest BCUT2D eigenvalue weighted by Gasteiger charge is -1.97. The van der Waals surface area contributed by atoms with E-state index in [0.29, 0.717) is 5.95 Å². The van der Waals surface area contributed by atoms with E-state index in [-0.39, 0.29) is 6.54 Å². The number of aromatic nitrogens is 2. The summed E-state index contributed by atoms with van der Waals surface area (Å²) < 4.78 is 11.6. The third-order valence-corrected chi connectivity index (χ3v) is 0.943. The van der Waals surface area contributed by atoms with Gasteiger partial charge in [-0.15, -0.1) is 0 Å². The number of nitrogens with one attached hydrogen (secondary N) is 1. The molecule has 0 saturated heterocycles. The molecule has 1 N–H and O–H groups in total. The van der Waals surface area contributed by atoms with Crippen LogP contribution in [-0.2, 0) is 0 Å². The number of halogens is 1. The van der Waals surface area contributed by atoms with E-state index in [1.165, 1.54) is 0 Å². The number of rotatable bonds is 3. The maximum Gasteiger partial charge on any atom is 0.222 e. The molecule has 0 aromatic carbocycles. The Bertz CT molecular complexity index is 178. The van der Waals surface area contributed by atoms with Gasteiger partial charge in [-0.1, -0.05) is 0 Å². The minimum absolute atomic E-state index is 0.268. The largest absolute Gasteiger partial charge is 0.352 e. The van der Waals surface area contributed by atoms with Crippen LogP contribution in [0.2, 0.25) is 0 Å². The van der Waals surface area contributed by atoms with Gasteiger partial charge in [0.25, 0.3) is 0 Å². The van der Waals surface area contributed by atoms with Gasteiger partial charge in [-0.3, -0.25) is 0 Å². The van der Waals surface area contributed by atoms with Gasteiger partial charge < -0.3 is 5.32 Å². The van der Waals surface area contributed by atoms with Gasteiger partial charge in [-0.2, -0.15) is 0 Å². The fourth-order valence-electron chi connectivity index (χ4n) is 0.549. The number of hydrogen-bond donors (Lipinski definition) is 1. The Morgan fingerprint density at radius 2 is 2.10 bits per heavy atom. The lowest BCUT2D eigenvalue weighted by molar-refractivity contribution is 0.512. The molecule has 0 amide bonds. The molecule has 3 nitrogen and oxygen atoms in total. The molecule has 1 aromatic heterocycles.